The van der Waals surface area contributed by atoms with Crippen molar-refractivity contribution in [3.8, 4) is 78.7 Å². The summed E-state index contributed by atoms with van der Waals surface area (Å²) < 4.78 is 6.69. The summed E-state index contributed by atoms with van der Waals surface area (Å²) in [6, 6.07) is 74.0. The quantitative estimate of drug-likeness (QED) is 0.163. The highest BCUT2D eigenvalue weighted by molar-refractivity contribution is 6.19. The summed E-state index contributed by atoms with van der Waals surface area (Å²) in [5.41, 5.74) is 13.5. The Morgan fingerprint density at radius 3 is 1.44 bits per heavy atom. The maximum absolute atomic E-state index is 6.69. The molecule has 0 aliphatic heterocycles. The van der Waals surface area contributed by atoms with Crippen LogP contribution < -0.4 is 0 Å². The lowest BCUT2D eigenvalue weighted by atomic mass is 9.96. The zero-order chi connectivity index (χ0) is 39.1. The zero-order valence-electron chi connectivity index (χ0n) is 32.0. The monoisotopic (exact) mass is 753 g/mol. The topological polar surface area (TPSA) is 51.8 Å². The van der Waals surface area contributed by atoms with Gasteiger partial charge in [0.1, 0.15) is 11.2 Å². The number of fused-ring (bicyclic) bond motifs is 5. The van der Waals surface area contributed by atoms with E-state index in [2.05, 4.69) is 194 Å². The molecule has 0 N–H and O–H groups in total. The van der Waals surface area contributed by atoms with Crippen molar-refractivity contribution in [2.75, 3.05) is 0 Å². The molecule has 4 nitrogen and oxygen atoms in total. The normalized spacial score (nSPS) is 11.4. The first-order valence-electron chi connectivity index (χ1n) is 19.8. The summed E-state index contributed by atoms with van der Waals surface area (Å²) in [7, 11) is 0. The first kappa shape index (κ1) is 34.3. The number of furan rings is 1. The number of benzene rings is 9. The van der Waals surface area contributed by atoms with Crippen LogP contribution in [0.25, 0.3) is 111 Å². The predicted octanol–water partition coefficient (Wildman–Crippen LogP) is 14.6. The van der Waals surface area contributed by atoms with Crippen molar-refractivity contribution < 1.29 is 4.42 Å². The summed E-state index contributed by atoms with van der Waals surface area (Å²) in [6.45, 7) is 0. The summed E-state index contributed by atoms with van der Waals surface area (Å²) in [6.07, 6.45) is 0. The van der Waals surface area contributed by atoms with Crippen molar-refractivity contribution in [1.82, 2.24) is 15.0 Å². The van der Waals surface area contributed by atoms with Crippen LogP contribution in [-0.2, 0) is 0 Å². The second-order valence-electron chi connectivity index (χ2n) is 14.8. The second-order valence-corrected chi connectivity index (χ2v) is 14.8. The van der Waals surface area contributed by atoms with E-state index in [0.717, 1.165) is 82.8 Å². The molecule has 0 radical (unpaired) electrons. The van der Waals surface area contributed by atoms with E-state index in [0.29, 0.717) is 17.5 Å². The molecule has 0 bridgehead atoms. The summed E-state index contributed by atoms with van der Waals surface area (Å²) in [4.78, 5) is 15.8. The van der Waals surface area contributed by atoms with Crippen molar-refractivity contribution in [2.24, 2.45) is 0 Å². The van der Waals surface area contributed by atoms with E-state index >= 15 is 0 Å². The Kier molecular flexibility index (Phi) is 8.45. The summed E-state index contributed by atoms with van der Waals surface area (Å²) in [5.74, 6) is 1.81. The molecule has 0 amide bonds. The van der Waals surface area contributed by atoms with Crippen LogP contribution in [0.2, 0.25) is 0 Å². The van der Waals surface area contributed by atoms with Gasteiger partial charge in [-0.25, -0.2) is 15.0 Å². The number of hydrogen-bond donors (Lipinski definition) is 0. The van der Waals surface area contributed by atoms with Crippen LogP contribution in [0.15, 0.2) is 217 Å². The Bertz CT molecular complexity index is 3300. The van der Waals surface area contributed by atoms with E-state index in [9.17, 15) is 0 Å². The second kappa shape index (κ2) is 14.5. The molecule has 0 aliphatic rings. The number of rotatable bonds is 7. The minimum absolute atomic E-state index is 0.596. The van der Waals surface area contributed by atoms with Gasteiger partial charge in [0.25, 0.3) is 0 Å². The Hall–Kier alpha value is -7.95. The average Bonchev–Trinajstić information content (AvgIpc) is 3.70. The fraction of sp³-hybridized carbons (Fsp3) is 0. The number of aromatic nitrogens is 3. The lowest BCUT2D eigenvalue weighted by Crippen LogP contribution is -2.01. The first-order valence-corrected chi connectivity index (χ1v) is 19.8. The van der Waals surface area contributed by atoms with Gasteiger partial charge in [0.15, 0.2) is 17.5 Å². The molecule has 0 atom stereocenters. The fourth-order valence-corrected chi connectivity index (χ4v) is 8.21. The molecule has 9 aromatic carbocycles. The molecule has 59 heavy (non-hydrogen) atoms. The molecule has 11 aromatic rings. The van der Waals surface area contributed by atoms with Gasteiger partial charge >= 0.3 is 0 Å². The van der Waals surface area contributed by atoms with Gasteiger partial charge in [-0.1, -0.05) is 188 Å². The third-order valence-electron chi connectivity index (χ3n) is 11.2. The predicted molar refractivity (Wildman–Crippen MR) is 243 cm³/mol. The molecule has 11 rings (SSSR count). The molecule has 276 valence electrons. The van der Waals surface area contributed by atoms with E-state index in [-0.39, 0.29) is 0 Å². The smallest absolute Gasteiger partial charge is 0.164 e. The van der Waals surface area contributed by atoms with E-state index in [1.165, 1.54) is 11.1 Å². The van der Waals surface area contributed by atoms with E-state index < -0.39 is 0 Å². The fourth-order valence-electron chi connectivity index (χ4n) is 8.21. The van der Waals surface area contributed by atoms with Crippen LogP contribution >= 0.6 is 0 Å². The van der Waals surface area contributed by atoms with Gasteiger partial charge in [-0.05, 0) is 74.2 Å². The minimum atomic E-state index is 0.596. The highest BCUT2D eigenvalue weighted by Crippen LogP contribution is 2.42. The van der Waals surface area contributed by atoms with Crippen molar-refractivity contribution in [3.05, 3.63) is 212 Å². The Balaban J connectivity index is 1.12. The van der Waals surface area contributed by atoms with Gasteiger partial charge in [-0.2, -0.15) is 0 Å². The van der Waals surface area contributed by atoms with Crippen LogP contribution in [-0.4, -0.2) is 15.0 Å². The summed E-state index contributed by atoms with van der Waals surface area (Å²) >= 11 is 0. The van der Waals surface area contributed by atoms with Gasteiger partial charge in [0, 0.05) is 32.8 Å². The van der Waals surface area contributed by atoms with Crippen molar-refractivity contribution >= 4 is 32.7 Å². The molecule has 2 aromatic heterocycles. The Morgan fingerprint density at radius 2 is 0.729 bits per heavy atom. The van der Waals surface area contributed by atoms with Gasteiger partial charge in [-0.15, -0.1) is 0 Å². The highest BCUT2D eigenvalue weighted by Gasteiger charge is 2.20. The van der Waals surface area contributed by atoms with Gasteiger partial charge in [-0.3, -0.25) is 0 Å². The van der Waals surface area contributed by atoms with E-state index in [1.807, 2.05) is 18.2 Å². The van der Waals surface area contributed by atoms with E-state index in [4.69, 9.17) is 19.4 Å². The maximum Gasteiger partial charge on any atom is 0.164 e. The molecule has 0 fully saturated rings. The Labute approximate surface area is 341 Å². The van der Waals surface area contributed by atoms with Gasteiger partial charge in [0.2, 0.25) is 0 Å². The molecule has 0 spiro atoms. The van der Waals surface area contributed by atoms with Crippen LogP contribution in [0, 0.1) is 0 Å². The first-order chi connectivity index (χ1) is 29.2. The molecular formula is C55H35N3O. The van der Waals surface area contributed by atoms with Crippen LogP contribution in [0.3, 0.4) is 0 Å². The van der Waals surface area contributed by atoms with Crippen LogP contribution in [0.4, 0.5) is 0 Å². The molecule has 0 unspecified atom stereocenters. The molecule has 0 saturated heterocycles. The molecule has 0 saturated carbocycles. The lowest BCUT2D eigenvalue weighted by molar-refractivity contribution is 0.673. The molecular weight excluding hydrogens is 719 g/mol. The summed E-state index contributed by atoms with van der Waals surface area (Å²) in [5, 5.41) is 4.06. The number of hydrogen-bond acceptors (Lipinski definition) is 4. The average molecular weight is 754 g/mol. The third-order valence-corrected chi connectivity index (χ3v) is 11.2. The lowest BCUT2D eigenvalue weighted by Gasteiger charge is -2.13. The maximum atomic E-state index is 6.69. The number of nitrogens with zero attached hydrogens (tertiary/aromatic N) is 3. The van der Waals surface area contributed by atoms with E-state index in [1.54, 1.807) is 0 Å². The van der Waals surface area contributed by atoms with Gasteiger partial charge in [0.05, 0.1) is 0 Å². The van der Waals surface area contributed by atoms with Crippen molar-refractivity contribution in [3.63, 3.8) is 0 Å². The molecule has 4 heteroatoms. The Morgan fingerprint density at radius 1 is 0.254 bits per heavy atom. The van der Waals surface area contributed by atoms with Crippen LogP contribution in [0.5, 0.6) is 0 Å². The third kappa shape index (κ3) is 6.34. The SMILES string of the molecule is c1ccc(-c2ccc(-c3nc(-c4ccccc4-c4ccccc4)nc(-c4cc5c6cc(-c7cccc(-c8ccccc8)c7)ccc6oc5c5ccccc45)n3)cc2)cc1. The zero-order valence-corrected chi connectivity index (χ0v) is 32.0. The van der Waals surface area contributed by atoms with Gasteiger partial charge < -0.3 is 4.42 Å². The standard InChI is InChI=1S/C55H35N3O/c1-4-15-36(16-5-1)38-27-29-40(30-28-38)53-56-54(47-26-13-10-23-44(47)39-19-8-3-9-20-39)58-55(57-53)50-35-49-48-34-43(42-22-14-21-41(33-42)37-17-6-2-7-18-37)31-32-51(48)59-52(49)46-25-12-11-24-45(46)50/h1-35H. The van der Waals surface area contributed by atoms with Crippen molar-refractivity contribution in [1.29, 1.82) is 0 Å². The molecule has 2 heterocycles. The molecule has 0 aliphatic carbocycles. The van der Waals surface area contributed by atoms with Crippen molar-refractivity contribution in [2.45, 2.75) is 0 Å². The minimum Gasteiger partial charge on any atom is -0.455 e. The highest BCUT2D eigenvalue weighted by atomic mass is 16.3. The van der Waals surface area contributed by atoms with Crippen LogP contribution in [0.1, 0.15) is 0 Å². The largest absolute Gasteiger partial charge is 0.455 e.